The molecule has 12 heteroatoms. The Hall–Kier alpha value is -3.42. The van der Waals surface area contributed by atoms with Gasteiger partial charge in [-0.3, -0.25) is 10.0 Å². The molecule has 0 saturated heterocycles. The lowest BCUT2D eigenvalue weighted by atomic mass is 10.2. The van der Waals surface area contributed by atoms with Gasteiger partial charge in [0.15, 0.2) is 0 Å². The van der Waals surface area contributed by atoms with E-state index in [4.69, 9.17) is 4.74 Å². The molecule has 0 fully saturated rings. The number of hydrogen-bond donors (Lipinski definition) is 3. The van der Waals surface area contributed by atoms with Crippen LogP contribution >= 0.6 is 22.7 Å². The van der Waals surface area contributed by atoms with Gasteiger partial charge in [0.2, 0.25) is 5.88 Å². The predicted molar refractivity (Wildman–Crippen MR) is 140 cm³/mol. The van der Waals surface area contributed by atoms with Crippen molar-refractivity contribution in [1.82, 2.24) is 20.3 Å². The molecule has 9 nitrogen and oxygen atoms in total. The van der Waals surface area contributed by atoms with Gasteiger partial charge >= 0.3 is 0 Å². The van der Waals surface area contributed by atoms with E-state index in [1.54, 1.807) is 35.7 Å². The van der Waals surface area contributed by atoms with E-state index in [-0.39, 0.29) is 16.5 Å². The third-order valence-corrected chi connectivity index (χ3v) is 9.28. The fraction of sp³-hybridized carbons (Fsp3) is 0.125. The minimum absolute atomic E-state index is 0.00835. The summed E-state index contributed by atoms with van der Waals surface area (Å²) in [5.74, 6) is 0.141. The van der Waals surface area contributed by atoms with Crippen molar-refractivity contribution in [3.8, 4) is 26.9 Å². The molecule has 8 bridgehead atoms. The van der Waals surface area contributed by atoms with Gasteiger partial charge in [-0.05, 0) is 46.8 Å². The number of fused-ring (bicyclic) bond motifs is 9. The second kappa shape index (κ2) is 8.91. The average molecular weight is 538 g/mol. The predicted octanol–water partition coefficient (Wildman–Crippen LogP) is 4.39. The number of pyridine rings is 1. The van der Waals surface area contributed by atoms with Crippen LogP contribution in [-0.4, -0.2) is 35.6 Å². The number of aliphatic hydroxyl groups excluding tert-OH is 1. The summed E-state index contributed by atoms with van der Waals surface area (Å²) in [5, 5.41) is 15.8. The maximum atomic E-state index is 13.3. The third kappa shape index (κ3) is 4.12. The van der Waals surface area contributed by atoms with Crippen molar-refractivity contribution in [2.75, 3.05) is 11.8 Å². The van der Waals surface area contributed by atoms with E-state index >= 15 is 0 Å². The molecule has 0 amide bonds. The summed E-state index contributed by atoms with van der Waals surface area (Å²) in [5.41, 5.74) is 3.93. The smallest absolute Gasteiger partial charge is 0.262 e. The number of nitrogens with zero attached hydrogens (tertiary/aromatic N) is 3. The van der Waals surface area contributed by atoms with Crippen LogP contribution in [0.3, 0.4) is 0 Å². The Morgan fingerprint density at radius 2 is 2.00 bits per heavy atom. The molecule has 1 unspecified atom stereocenters. The van der Waals surface area contributed by atoms with Gasteiger partial charge in [-0.1, -0.05) is 12.1 Å². The molecule has 36 heavy (non-hydrogen) atoms. The fourth-order valence-corrected chi connectivity index (χ4v) is 7.15. The lowest BCUT2D eigenvalue weighted by molar-refractivity contribution is 0.137. The van der Waals surface area contributed by atoms with Crippen LogP contribution in [0.15, 0.2) is 65.3 Å². The third-order valence-electron chi connectivity index (χ3n) is 5.76. The van der Waals surface area contributed by atoms with Gasteiger partial charge in [0.1, 0.15) is 23.9 Å². The van der Waals surface area contributed by atoms with Gasteiger partial charge in [0.25, 0.3) is 10.0 Å². The number of thiophene rings is 2. The second-order valence-corrected chi connectivity index (χ2v) is 11.8. The molecule has 0 saturated carbocycles. The van der Waals surface area contributed by atoms with Crippen LogP contribution in [-0.2, 0) is 16.6 Å². The van der Waals surface area contributed by atoms with Crippen LogP contribution in [0.1, 0.15) is 17.4 Å². The second-order valence-electron chi connectivity index (χ2n) is 8.11. The monoisotopic (exact) mass is 537 g/mol. The van der Waals surface area contributed by atoms with E-state index in [2.05, 4.69) is 25.0 Å². The number of anilines is 1. The van der Waals surface area contributed by atoms with Gasteiger partial charge in [0, 0.05) is 23.2 Å². The Balaban J connectivity index is 1.56. The molecule has 0 radical (unpaired) electrons. The Morgan fingerprint density at radius 1 is 1.11 bits per heavy atom. The Kier molecular flexibility index (Phi) is 5.69. The maximum Gasteiger partial charge on any atom is 0.262 e. The highest BCUT2D eigenvalue weighted by Gasteiger charge is 2.21. The standard InChI is InChI=1S/C24H19N5O4S3/c1-33-24-18-7-15(10-26-24)19-8-17-22(35-19)21(28-12-27-17)20-5-13(11-34-20)9-25-23(30)14-3-2-4-16(6-14)36(31,32)29-18/h2-8,10-12,23,25,29-30H,9H2,1H3. The van der Waals surface area contributed by atoms with Crippen LogP contribution in [0.2, 0.25) is 0 Å². The SMILES string of the molecule is COc1ncc2cc1NS(=O)(=O)c1cccc(c1)C(O)NCc1csc(c1)-c1ncnc3cc-2sc13. The van der Waals surface area contributed by atoms with Gasteiger partial charge in [-0.2, -0.15) is 0 Å². The molecule has 5 aromatic rings. The van der Waals surface area contributed by atoms with E-state index < -0.39 is 16.3 Å². The number of aromatic nitrogens is 3. The summed E-state index contributed by atoms with van der Waals surface area (Å²) in [7, 11) is -2.57. The zero-order valence-corrected chi connectivity index (χ0v) is 21.2. The molecule has 1 aliphatic heterocycles. The van der Waals surface area contributed by atoms with Crippen molar-refractivity contribution in [2.45, 2.75) is 17.7 Å². The van der Waals surface area contributed by atoms with Crippen molar-refractivity contribution in [3.05, 3.63) is 71.5 Å². The number of methoxy groups -OCH3 is 1. The van der Waals surface area contributed by atoms with Crippen LogP contribution in [0.25, 0.3) is 31.2 Å². The number of benzene rings is 1. The van der Waals surface area contributed by atoms with Gasteiger partial charge in [0.05, 0.1) is 27.1 Å². The summed E-state index contributed by atoms with van der Waals surface area (Å²) in [6.07, 6.45) is 2.11. The maximum absolute atomic E-state index is 13.3. The van der Waals surface area contributed by atoms with Crippen LogP contribution in [0.5, 0.6) is 5.88 Å². The fourth-order valence-electron chi connectivity index (χ4n) is 3.98. The van der Waals surface area contributed by atoms with E-state index in [1.807, 2.05) is 17.5 Å². The molecule has 1 atom stereocenters. The van der Waals surface area contributed by atoms with Gasteiger partial charge in [-0.25, -0.2) is 23.4 Å². The molecule has 1 aromatic carbocycles. The normalized spacial score (nSPS) is 16.8. The molecule has 1 aliphatic rings. The zero-order chi connectivity index (χ0) is 24.9. The van der Waals surface area contributed by atoms with Crippen molar-refractivity contribution in [2.24, 2.45) is 0 Å². The molecule has 0 spiro atoms. The average Bonchev–Trinajstić information content (AvgIpc) is 3.54. The quantitative estimate of drug-likeness (QED) is 0.288. The number of ether oxygens (including phenoxy) is 1. The number of nitrogens with one attached hydrogen (secondary N) is 2. The number of aliphatic hydroxyl groups is 1. The number of rotatable bonds is 1. The first-order valence-corrected chi connectivity index (χ1v) is 14.0. The van der Waals surface area contributed by atoms with Gasteiger partial charge in [-0.15, -0.1) is 22.7 Å². The lowest BCUT2D eigenvalue weighted by Crippen LogP contribution is -2.21. The van der Waals surface area contributed by atoms with Crippen molar-refractivity contribution in [3.63, 3.8) is 0 Å². The molecule has 5 heterocycles. The first-order valence-electron chi connectivity index (χ1n) is 10.8. The van der Waals surface area contributed by atoms with Crippen LogP contribution < -0.4 is 14.8 Å². The molecular weight excluding hydrogens is 518 g/mol. The number of sulfonamides is 1. The first-order chi connectivity index (χ1) is 17.4. The number of hydrogen-bond acceptors (Lipinski definition) is 10. The van der Waals surface area contributed by atoms with Crippen LogP contribution in [0, 0.1) is 0 Å². The van der Waals surface area contributed by atoms with Crippen molar-refractivity contribution in [1.29, 1.82) is 0 Å². The minimum Gasteiger partial charge on any atom is -0.480 e. The summed E-state index contributed by atoms with van der Waals surface area (Å²) < 4.78 is 35.4. The lowest BCUT2D eigenvalue weighted by Gasteiger charge is -2.15. The Labute approximate surface area is 214 Å². The summed E-state index contributed by atoms with van der Waals surface area (Å²) in [4.78, 5) is 15.2. The first kappa shape index (κ1) is 23.0. The minimum atomic E-state index is -4.00. The van der Waals surface area contributed by atoms with Crippen LogP contribution in [0.4, 0.5) is 5.69 Å². The molecule has 3 N–H and O–H groups in total. The largest absolute Gasteiger partial charge is 0.480 e. The summed E-state index contributed by atoms with van der Waals surface area (Å²) >= 11 is 3.08. The Morgan fingerprint density at radius 3 is 2.86 bits per heavy atom. The highest BCUT2D eigenvalue weighted by atomic mass is 32.2. The summed E-state index contributed by atoms with van der Waals surface area (Å²) in [6.45, 7) is 0.393. The molecule has 0 aliphatic carbocycles. The van der Waals surface area contributed by atoms with E-state index in [9.17, 15) is 13.5 Å². The van der Waals surface area contributed by atoms with Crippen molar-refractivity contribution < 1.29 is 18.3 Å². The molecule has 6 rings (SSSR count). The zero-order valence-electron chi connectivity index (χ0n) is 18.8. The highest BCUT2D eigenvalue weighted by molar-refractivity contribution is 7.92. The summed E-state index contributed by atoms with van der Waals surface area (Å²) in [6, 6.07) is 11.8. The van der Waals surface area contributed by atoms with E-state index in [0.717, 1.165) is 31.2 Å². The van der Waals surface area contributed by atoms with Gasteiger partial charge < -0.3 is 9.84 Å². The molecular formula is C24H19N5O4S3. The van der Waals surface area contributed by atoms with Crippen molar-refractivity contribution >= 4 is 48.6 Å². The molecule has 4 aromatic heterocycles. The Bertz CT molecular complexity index is 1710. The van der Waals surface area contributed by atoms with E-state index in [1.165, 1.54) is 36.9 Å². The molecule has 182 valence electrons. The van der Waals surface area contributed by atoms with E-state index in [0.29, 0.717) is 17.7 Å². The topological polar surface area (TPSA) is 126 Å². The highest BCUT2D eigenvalue weighted by Crippen LogP contribution is 2.40.